The van der Waals surface area contributed by atoms with Gasteiger partial charge in [-0.3, -0.25) is 4.98 Å². The van der Waals surface area contributed by atoms with E-state index >= 15 is 0 Å². The molecule has 1 aromatic carbocycles. The Morgan fingerprint density at radius 2 is 1.71 bits per heavy atom. The fourth-order valence-corrected chi connectivity index (χ4v) is 4.68. The van der Waals surface area contributed by atoms with Crippen LogP contribution in [0.4, 0.5) is 5.69 Å². The molecule has 0 radical (unpaired) electrons. The number of rotatable bonds is 4. The van der Waals surface area contributed by atoms with Crippen molar-refractivity contribution in [3.05, 3.63) is 58.3 Å². The normalized spacial score (nSPS) is 17.3. The van der Waals surface area contributed by atoms with Gasteiger partial charge in [-0.25, -0.2) is 9.98 Å². The molecule has 1 aliphatic heterocycles. The van der Waals surface area contributed by atoms with Gasteiger partial charge in [0.2, 0.25) is 20.4 Å². The number of benzene rings is 1. The predicted molar refractivity (Wildman–Crippen MR) is 124 cm³/mol. The summed E-state index contributed by atoms with van der Waals surface area (Å²) in [7, 11) is -3.82. The number of fused-ring (bicyclic) bond motifs is 1. The Morgan fingerprint density at radius 3 is 2.32 bits per heavy atom. The van der Waals surface area contributed by atoms with Crippen LogP contribution in [-0.2, 0) is 8.85 Å². The number of hydrogen-bond donors (Lipinski definition) is 0. The van der Waals surface area contributed by atoms with Gasteiger partial charge in [-0.2, -0.15) is 0 Å². The average molecular weight is 477 g/mol. The first-order valence-corrected chi connectivity index (χ1v) is 16.9. The van der Waals surface area contributed by atoms with E-state index in [-0.39, 0.29) is 0 Å². The van der Waals surface area contributed by atoms with Gasteiger partial charge in [-0.05, 0) is 69.6 Å². The van der Waals surface area contributed by atoms with Gasteiger partial charge in [-0.15, -0.1) is 0 Å². The summed E-state index contributed by atoms with van der Waals surface area (Å²) >= 11 is 3.57. The van der Waals surface area contributed by atoms with E-state index in [4.69, 9.17) is 18.8 Å². The maximum Gasteiger partial charge on any atom is 0.244 e. The van der Waals surface area contributed by atoms with Gasteiger partial charge >= 0.3 is 0 Å². The molecule has 0 fully saturated rings. The Labute approximate surface area is 177 Å². The topological polar surface area (TPSA) is 56.1 Å². The molecule has 0 N–H and O–H groups in total. The second-order valence-corrected chi connectivity index (χ2v) is 18.4. The summed E-state index contributed by atoms with van der Waals surface area (Å²) < 4.78 is 13.7. The number of aromatic nitrogens is 1. The Morgan fingerprint density at radius 1 is 0.964 bits per heavy atom. The van der Waals surface area contributed by atoms with Gasteiger partial charge < -0.3 is 8.85 Å². The zero-order chi connectivity index (χ0) is 20.5. The maximum absolute atomic E-state index is 6.41. The van der Waals surface area contributed by atoms with Crippen LogP contribution in [0.5, 0.6) is 0 Å². The maximum atomic E-state index is 6.41. The highest BCUT2D eigenvalue weighted by Crippen LogP contribution is 2.31. The molecule has 0 spiro atoms. The molecule has 1 atom stereocenters. The van der Waals surface area contributed by atoms with E-state index in [2.05, 4.69) is 60.2 Å². The zero-order valence-corrected chi connectivity index (χ0v) is 20.7. The van der Waals surface area contributed by atoms with Crippen molar-refractivity contribution in [3.8, 4) is 0 Å². The molecular formula is C20H26BrN3O2Si2. The van der Waals surface area contributed by atoms with Crippen molar-refractivity contribution in [1.82, 2.24) is 4.98 Å². The molecule has 3 rings (SSSR count). The summed E-state index contributed by atoms with van der Waals surface area (Å²) in [5.41, 5.74) is 3.27. The summed E-state index contributed by atoms with van der Waals surface area (Å²) in [6.07, 6.45) is 1.19. The smallest absolute Gasteiger partial charge is 0.244 e. The SMILES string of the molecule is C[Si](C)(C)OC1=Nc2ccc(Br)cc2C(c2ccccn2)=NC1O[Si](C)(C)C. The molecule has 28 heavy (non-hydrogen) atoms. The molecule has 148 valence electrons. The molecule has 0 bridgehead atoms. The van der Waals surface area contributed by atoms with E-state index in [1.165, 1.54) is 0 Å². The van der Waals surface area contributed by atoms with Gasteiger partial charge in [0, 0.05) is 16.2 Å². The summed E-state index contributed by atoms with van der Waals surface area (Å²) in [6.45, 7) is 12.8. The number of halogens is 1. The summed E-state index contributed by atoms with van der Waals surface area (Å²) in [4.78, 5) is 14.4. The van der Waals surface area contributed by atoms with Crippen LogP contribution in [-0.4, -0.2) is 39.5 Å². The van der Waals surface area contributed by atoms with Crippen LogP contribution in [0.3, 0.4) is 0 Å². The Kier molecular flexibility index (Phi) is 6.04. The van der Waals surface area contributed by atoms with E-state index < -0.39 is 22.9 Å². The second kappa shape index (κ2) is 8.02. The van der Waals surface area contributed by atoms with Crippen molar-refractivity contribution in [2.24, 2.45) is 9.98 Å². The zero-order valence-electron chi connectivity index (χ0n) is 17.2. The lowest BCUT2D eigenvalue weighted by atomic mass is 10.0. The van der Waals surface area contributed by atoms with Crippen LogP contribution in [0.2, 0.25) is 39.3 Å². The van der Waals surface area contributed by atoms with E-state index in [0.29, 0.717) is 5.90 Å². The van der Waals surface area contributed by atoms with E-state index in [1.807, 2.05) is 36.4 Å². The van der Waals surface area contributed by atoms with Crippen LogP contribution in [0.1, 0.15) is 11.3 Å². The first kappa shape index (κ1) is 21.1. The number of aliphatic imine (C=N–C) groups is 2. The van der Waals surface area contributed by atoms with E-state index in [1.54, 1.807) is 6.20 Å². The molecule has 0 aliphatic carbocycles. The highest BCUT2D eigenvalue weighted by Gasteiger charge is 2.33. The quantitative estimate of drug-likeness (QED) is 0.528. The summed E-state index contributed by atoms with van der Waals surface area (Å²) in [6, 6.07) is 11.8. The molecule has 0 amide bonds. The van der Waals surface area contributed by atoms with Crippen LogP contribution in [0, 0.1) is 0 Å². The Balaban J connectivity index is 2.22. The fourth-order valence-electron chi connectivity index (χ4n) is 2.72. The van der Waals surface area contributed by atoms with Gasteiger partial charge in [0.25, 0.3) is 0 Å². The largest absolute Gasteiger partial charge is 0.531 e. The molecule has 8 heteroatoms. The lowest BCUT2D eigenvalue weighted by Crippen LogP contribution is -2.41. The lowest BCUT2D eigenvalue weighted by molar-refractivity contribution is 0.246. The molecule has 1 aromatic heterocycles. The van der Waals surface area contributed by atoms with Crippen molar-refractivity contribution in [2.45, 2.75) is 45.5 Å². The monoisotopic (exact) mass is 475 g/mol. The van der Waals surface area contributed by atoms with Crippen LogP contribution in [0.15, 0.2) is 57.1 Å². The minimum absolute atomic E-state index is 0.538. The molecule has 0 saturated carbocycles. The number of hydrogen-bond acceptors (Lipinski definition) is 5. The van der Waals surface area contributed by atoms with E-state index in [9.17, 15) is 0 Å². The Hall–Kier alpha value is -1.62. The standard InChI is InChI=1S/C20H26BrN3O2Si2/c1-27(2,3)25-19-20(26-28(4,5)6)24-18(17-9-7-8-12-22-17)15-13-14(21)10-11-16(15)23-19/h7-13,20H,1-6H3. The number of pyridine rings is 1. The van der Waals surface area contributed by atoms with Crippen molar-refractivity contribution >= 4 is 49.9 Å². The first-order valence-electron chi connectivity index (χ1n) is 9.26. The average Bonchev–Trinajstić information content (AvgIpc) is 2.70. The highest BCUT2D eigenvalue weighted by atomic mass is 79.9. The van der Waals surface area contributed by atoms with Crippen molar-refractivity contribution in [1.29, 1.82) is 0 Å². The number of nitrogens with zero attached hydrogens (tertiary/aromatic N) is 3. The van der Waals surface area contributed by atoms with Crippen molar-refractivity contribution in [3.63, 3.8) is 0 Å². The first-order chi connectivity index (χ1) is 13.0. The van der Waals surface area contributed by atoms with Crippen molar-refractivity contribution in [2.75, 3.05) is 0 Å². The van der Waals surface area contributed by atoms with Gasteiger partial charge in [0.15, 0.2) is 8.32 Å². The van der Waals surface area contributed by atoms with Crippen LogP contribution < -0.4 is 0 Å². The summed E-state index contributed by atoms with van der Waals surface area (Å²) in [5, 5.41) is 0. The minimum Gasteiger partial charge on any atom is -0.531 e. The molecule has 2 aromatic rings. The third-order valence-corrected chi connectivity index (χ3v) is 5.93. The van der Waals surface area contributed by atoms with Crippen LogP contribution >= 0.6 is 15.9 Å². The highest BCUT2D eigenvalue weighted by molar-refractivity contribution is 9.10. The van der Waals surface area contributed by atoms with E-state index in [0.717, 1.165) is 27.1 Å². The molecule has 1 aliphatic rings. The third kappa shape index (κ3) is 5.47. The van der Waals surface area contributed by atoms with Gasteiger partial charge in [-0.1, -0.05) is 22.0 Å². The van der Waals surface area contributed by atoms with Crippen LogP contribution in [0.25, 0.3) is 0 Å². The molecule has 0 saturated heterocycles. The molecular weight excluding hydrogens is 450 g/mol. The van der Waals surface area contributed by atoms with Gasteiger partial charge in [0.05, 0.1) is 17.1 Å². The lowest BCUT2D eigenvalue weighted by Gasteiger charge is -2.28. The second-order valence-electron chi connectivity index (χ2n) is 8.60. The Bertz CT molecular complexity index is 919. The van der Waals surface area contributed by atoms with Crippen molar-refractivity contribution < 1.29 is 8.85 Å². The predicted octanol–water partition coefficient (Wildman–Crippen LogP) is 5.75. The minimum atomic E-state index is -1.91. The molecule has 5 nitrogen and oxygen atoms in total. The fraction of sp³-hybridized carbons (Fsp3) is 0.350. The molecule has 1 unspecified atom stereocenters. The summed E-state index contributed by atoms with van der Waals surface area (Å²) in [5.74, 6) is 0.538. The third-order valence-electron chi connectivity index (χ3n) is 3.69. The van der Waals surface area contributed by atoms with Gasteiger partial charge in [0.1, 0.15) is 0 Å². The molecule has 2 heterocycles.